The molecule has 0 radical (unpaired) electrons. The standard InChI is InChI=1S/C27H30N8/c1-34-15-13-19(14-16-34)18-9-11-22(12-10-18)29-27-30-26(28)35(33-27)24-17-21-7-4-6-20-5-2-3-8-23(20)25(21)32-31-24/h2-3,5,8-12,17,19H,4,6-7,13-16H2,1H3,(H3,28,29,30,33). The van der Waals surface area contributed by atoms with Gasteiger partial charge in [0.15, 0.2) is 5.82 Å². The minimum absolute atomic E-state index is 0.277. The number of hydrogen-bond acceptors (Lipinski definition) is 7. The van der Waals surface area contributed by atoms with E-state index in [1.165, 1.54) is 24.0 Å². The lowest BCUT2D eigenvalue weighted by atomic mass is 9.89. The van der Waals surface area contributed by atoms with Gasteiger partial charge in [0.25, 0.3) is 0 Å². The summed E-state index contributed by atoms with van der Waals surface area (Å²) in [7, 11) is 2.19. The molecule has 0 unspecified atom stereocenters. The number of rotatable bonds is 4. The highest BCUT2D eigenvalue weighted by molar-refractivity contribution is 5.68. The van der Waals surface area contributed by atoms with E-state index in [1.807, 2.05) is 6.07 Å². The molecule has 0 bridgehead atoms. The average Bonchev–Trinajstić information content (AvgIpc) is 3.14. The van der Waals surface area contributed by atoms with Crippen molar-refractivity contribution in [2.45, 2.75) is 38.0 Å². The molecule has 0 saturated carbocycles. The molecule has 8 heteroatoms. The monoisotopic (exact) mass is 466 g/mol. The molecule has 1 saturated heterocycles. The predicted octanol–water partition coefficient (Wildman–Crippen LogP) is 4.35. The minimum Gasteiger partial charge on any atom is -0.368 e. The molecule has 1 aliphatic heterocycles. The number of benzene rings is 2. The van der Waals surface area contributed by atoms with E-state index in [0.29, 0.717) is 17.7 Å². The maximum atomic E-state index is 6.22. The van der Waals surface area contributed by atoms with Crippen LogP contribution in [0.2, 0.25) is 0 Å². The van der Waals surface area contributed by atoms with E-state index in [-0.39, 0.29) is 5.95 Å². The third kappa shape index (κ3) is 4.37. The quantitative estimate of drug-likeness (QED) is 0.461. The van der Waals surface area contributed by atoms with Gasteiger partial charge < -0.3 is 16.0 Å². The molecule has 8 nitrogen and oxygen atoms in total. The molecule has 35 heavy (non-hydrogen) atoms. The molecule has 1 fully saturated rings. The van der Waals surface area contributed by atoms with Gasteiger partial charge in [0.05, 0.1) is 5.69 Å². The molecule has 2 aliphatic rings. The molecule has 2 aromatic heterocycles. The molecule has 4 aromatic rings. The number of likely N-dealkylation sites (tertiary alicyclic amines) is 1. The van der Waals surface area contributed by atoms with Crippen molar-refractivity contribution in [3.63, 3.8) is 0 Å². The van der Waals surface area contributed by atoms with Gasteiger partial charge in [0, 0.05) is 11.3 Å². The van der Waals surface area contributed by atoms with Crippen LogP contribution < -0.4 is 11.1 Å². The van der Waals surface area contributed by atoms with Crippen LogP contribution >= 0.6 is 0 Å². The van der Waals surface area contributed by atoms with Gasteiger partial charge in [-0.3, -0.25) is 0 Å². The molecule has 3 heterocycles. The zero-order chi connectivity index (χ0) is 23.8. The summed E-state index contributed by atoms with van der Waals surface area (Å²) in [5, 5.41) is 16.9. The van der Waals surface area contributed by atoms with Gasteiger partial charge in [-0.25, -0.2) is 0 Å². The van der Waals surface area contributed by atoms with Crippen LogP contribution in [0.15, 0.2) is 54.6 Å². The lowest BCUT2D eigenvalue weighted by Crippen LogP contribution is -2.29. The highest BCUT2D eigenvalue weighted by Gasteiger charge is 2.20. The van der Waals surface area contributed by atoms with Crippen LogP contribution in [-0.2, 0) is 12.8 Å². The van der Waals surface area contributed by atoms with E-state index >= 15 is 0 Å². The Kier molecular flexibility index (Phi) is 5.66. The van der Waals surface area contributed by atoms with E-state index in [2.05, 4.69) is 86.1 Å². The van der Waals surface area contributed by atoms with E-state index in [1.54, 1.807) is 4.68 Å². The Morgan fingerprint density at radius 1 is 0.943 bits per heavy atom. The summed E-state index contributed by atoms with van der Waals surface area (Å²) in [6.07, 6.45) is 5.47. The van der Waals surface area contributed by atoms with Crippen LogP contribution in [0.25, 0.3) is 17.1 Å². The largest absolute Gasteiger partial charge is 0.368 e. The predicted molar refractivity (Wildman–Crippen MR) is 138 cm³/mol. The lowest BCUT2D eigenvalue weighted by molar-refractivity contribution is 0.255. The first-order chi connectivity index (χ1) is 17.1. The van der Waals surface area contributed by atoms with Crippen molar-refractivity contribution in [2.75, 3.05) is 31.2 Å². The molecule has 2 aromatic carbocycles. The third-order valence-corrected chi connectivity index (χ3v) is 7.23. The van der Waals surface area contributed by atoms with E-state index < -0.39 is 0 Å². The van der Waals surface area contributed by atoms with Gasteiger partial charge in [-0.2, -0.15) is 9.67 Å². The van der Waals surface area contributed by atoms with Gasteiger partial charge >= 0.3 is 0 Å². The number of piperidine rings is 1. The van der Waals surface area contributed by atoms with Crippen molar-refractivity contribution < 1.29 is 0 Å². The summed E-state index contributed by atoms with van der Waals surface area (Å²) in [5.41, 5.74) is 13.1. The molecular weight excluding hydrogens is 436 g/mol. The average molecular weight is 467 g/mol. The second-order valence-corrected chi connectivity index (χ2v) is 9.62. The number of aryl methyl sites for hydroxylation is 2. The lowest BCUT2D eigenvalue weighted by Gasteiger charge is -2.29. The van der Waals surface area contributed by atoms with Gasteiger partial charge in [0.1, 0.15) is 0 Å². The van der Waals surface area contributed by atoms with Crippen molar-refractivity contribution in [1.29, 1.82) is 0 Å². The van der Waals surface area contributed by atoms with Crippen molar-refractivity contribution >= 4 is 17.6 Å². The molecule has 0 spiro atoms. The fourth-order valence-corrected chi connectivity index (χ4v) is 5.23. The number of aromatic nitrogens is 5. The summed E-state index contributed by atoms with van der Waals surface area (Å²) in [5.74, 6) is 1.93. The SMILES string of the molecule is CN1CCC(c2ccc(Nc3nc(N)n(-c4cc5c(nn4)-c4ccccc4CCC5)n3)cc2)CC1. The summed E-state index contributed by atoms with van der Waals surface area (Å²) in [6.45, 7) is 2.31. The Labute approximate surface area is 205 Å². The first kappa shape index (κ1) is 21.7. The number of hydrogen-bond donors (Lipinski definition) is 2. The van der Waals surface area contributed by atoms with Gasteiger partial charge in [-0.05, 0) is 93.0 Å². The second-order valence-electron chi connectivity index (χ2n) is 9.62. The minimum atomic E-state index is 0.277. The van der Waals surface area contributed by atoms with Crippen LogP contribution in [0.3, 0.4) is 0 Å². The Hall–Kier alpha value is -3.78. The second kappa shape index (κ2) is 9.11. The van der Waals surface area contributed by atoms with Crippen molar-refractivity contribution in [2.24, 2.45) is 0 Å². The zero-order valence-corrected chi connectivity index (χ0v) is 20.0. The summed E-state index contributed by atoms with van der Waals surface area (Å²) < 4.78 is 1.55. The Morgan fingerprint density at radius 2 is 1.71 bits per heavy atom. The maximum absolute atomic E-state index is 6.22. The van der Waals surface area contributed by atoms with Crippen molar-refractivity contribution in [1.82, 2.24) is 29.9 Å². The molecular formula is C27H30N8. The fraction of sp³-hybridized carbons (Fsp3) is 0.333. The Morgan fingerprint density at radius 3 is 2.54 bits per heavy atom. The molecule has 3 N–H and O–H groups in total. The Balaban J connectivity index is 1.21. The van der Waals surface area contributed by atoms with Crippen LogP contribution in [-0.4, -0.2) is 50.0 Å². The number of fused-ring (bicyclic) bond motifs is 3. The highest BCUT2D eigenvalue weighted by Crippen LogP contribution is 2.32. The third-order valence-electron chi connectivity index (χ3n) is 7.23. The highest BCUT2D eigenvalue weighted by atomic mass is 15.4. The summed E-state index contributed by atoms with van der Waals surface area (Å²) >= 11 is 0. The van der Waals surface area contributed by atoms with Crippen LogP contribution in [0.4, 0.5) is 17.6 Å². The maximum Gasteiger partial charge on any atom is 0.248 e. The van der Waals surface area contributed by atoms with E-state index in [9.17, 15) is 0 Å². The molecule has 6 rings (SSSR count). The van der Waals surface area contributed by atoms with Crippen LogP contribution in [0.5, 0.6) is 0 Å². The van der Waals surface area contributed by atoms with E-state index in [0.717, 1.165) is 54.9 Å². The number of nitrogens with zero attached hydrogens (tertiary/aromatic N) is 6. The molecule has 0 atom stereocenters. The summed E-state index contributed by atoms with van der Waals surface area (Å²) in [6, 6.07) is 19.0. The van der Waals surface area contributed by atoms with Gasteiger partial charge in [-0.15, -0.1) is 15.3 Å². The molecule has 0 amide bonds. The van der Waals surface area contributed by atoms with Crippen molar-refractivity contribution in [3.05, 3.63) is 71.3 Å². The number of anilines is 3. The smallest absolute Gasteiger partial charge is 0.248 e. The normalized spacial score (nSPS) is 16.4. The van der Waals surface area contributed by atoms with Crippen LogP contribution in [0.1, 0.15) is 41.9 Å². The van der Waals surface area contributed by atoms with E-state index in [4.69, 9.17) is 5.73 Å². The topological polar surface area (TPSA) is 97.8 Å². The van der Waals surface area contributed by atoms with Gasteiger partial charge in [-0.1, -0.05) is 36.4 Å². The number of nitrogens with one attached hydrogen (secondary N) is 1. The van der Waals surface area contributed by atoms with Gasteiger partial charge in [0.2, 0.25) is 11.9 Å². The zero-order valence-electron chi connectivity index (χ0n) is 20.0. The first-order valence-electron chi connectivity index (χ1n) is 12.4. The number of nitrogen functional groups attached to an aromatic ring is 1. The van der Waals surface area contributed by atoms with Crippen molar-refractivity contribution in [3.8, 4) is 17.1 Å². The summed E-state index contributed by atoms with van der Waals surface area (Å²) in [4.78, 5) is 6.81. The fourth-order valence-electron chi connectivity index (χ4n) is 5.23. The van der Waals surface area contributed by atoms with Crippen LogP contribution in [0, 0.1) is 0 Å². The first-order valence-corrected chi connectivity index (χ1v) is 12.4. The Bertz CT molecular complexity index is 1340. The molecule has 1 aliphatic carbocycles. The molecule has 178 valence electrons. The number of nitrogens with two attached hydrogens (primary N) is 1.